The predicted molar refractivity (Wildman–Crippen MR) is 54.6 cm³/mol. The number of halogens is 4. The molecule has 1 aromatic heterocycles. The highest BCUT2D eigenvalue weighted by atomic mass is 19.4. The van der Waals surface area contributed by atoms with Gasteiger partial charge in [0.25, 0.3) is 0 Å². The van der Waals surface area contributed by atoms with E-state index in [0.717, 1.165) is 0 Å². The van der Waals surface area contributed by atoms with Crippen LogP contribution in [-0.2, 0) is 6.18 Å². The summed E-state index contributed by atoms with van der Waals surface area (Å²) in [6.07, 6.45) is -3.98. The van der Waals surface area contributed by atoms with Gasteiger partial charge in [0.05, 0.1) is 6.20 Å². The second-order valence-corrected chi connectivity index (χ2v) is 3.41. The Balaban J connectivity index is 2.55. The standard InChI is InChI=1S/C12H7F4N/c13-10-7-17-11(12(14,15)16)6-9(10)8-4-2-1-3-5-8/h1-7H. The largest absolute Gasteiger partial charge is 0.433 e. The van der Waals surface area contributed by atoms with Crippen molar-refractivity contribution >= 4 is 0 Å². The summed E-state index contributed by atoms with van der Waals surface area (Å²) < 4.78 is 50.7. The second-order valence-electron chi connectivity index (χ2n) is 3.41. The Labute approximate surface area is 94.7 Å². The molecule has 2 rings (SSSR count). The summed E-state index contributed by atoms with van der Waals surface area (Å²) in [5.41, 5.74) is -0.816. The molecule has 0 saturated carbocycles. The van der Waals surface area contributed by atoms with Crippen molar-refractivity contribution in [1.29, 1.82) is 0 Å². The summed E-state index contributed by atoms with van der Waals surface area (Å²) in [4.78, 5) is 3.04. The molecule has 0 bridgehead atoms. The fourth-order valence-corrected chi connectivity index (χ4v) is 1.43. The van der Waals surface area contributed by atoms with Crippen LogP contribution in [0.5, 0.6) is 0 Å². The van der Waals surface area contributed by atoms with Gasteiger partial charge in [-0.3, -0.25) is 0 Å². The third-order valence-corrected chi connectivity index (χ3v) is 2.23. The molecule has 0 aliphatic heterocycles. The number of hydrogen-bond donors (Lipinski definition) is 0. The van der Waals surface area contributed by atoms with Crippen LogP contribution in [0.3, 0.4) is 0 Å². The number of nitrogens with zero attached hydrogens (tertiary/aromatic N) is 1. The Morgan fingerprint density at radius 3 is 2.24 bits per heavy atom. The van der Waals surface area contributed by atoms with Crippen molar-refractivity contribution in [2.75, 3.05) is 0 Å². The third-order valence-electron chi connectivity index (χ3n) is 2.23. The van der Waals surface area contributed by atoms with E-state index in [9.17, 15) is 17.6 Å². The fraction of sp³-hybridized carbons (Fsp3) is 0.0833. The van der Waals surface area contributed by atoms with E-state index in [1.165, 1.54) is 0 Å². The van der Waals surface area contributed by atoms with Gasteiger partial charge in [-0.05, 0) is 11.6 Å². The van der Waals surface area contributed by atoms with Crippen molar-refractivity contribution in [3.8, 4) is 11.1 Å². The Morgan fingerprint density at radius 1 is 1.00 bits per heavy atom. The Hall–Kier alpha value is -1.91. The van der Waals surface area contributed by atoms with Crippen LogP contribution < -0.4 is 0 Å². The molecule has 5 heteroatoms. The maximum atomic E-state index is 13.4. The molecule has 2 aromatic rings. The van der Waals surface area contributed by atoms with Crippen molar-refractivity contribution in [1.82, 2.24) is 4.98 Å². The van der Waals surface area contributed by atoms with E-state index < -0.39 is 17.7 Å². The van der Waals surface area contributed by atoms with E-state index in [1.807, 2.05) is 0 Å². The molecule has 0 aliphatic rings. The van der Waals surface area contributed by atoms with E-state index in [-0.39, 0.29) is 5.56 Å². The maximum absolute atomic E-state index is 13.4. The first-order valence-corrected chi connectivity index (χ1v) is 4.76. The van der Waals surface area contributed by atoms with Crippen LogP contribution in [0.15, 0.2) is 42.6 Å². The molecule has 1 heterocycles. The molecule has 0 radical (unpaired) electrons. The first-order chi connectivity index (χ1) is 7.98. The number of aromatic nitrogens is 1. The van der Waals surface area contributed by atoms with Crippen molar-refractivity contribution in [2.24, 2.45) is 0 Å². The number of alkyl halides is 3. The molecule has 0 unspecified atom stereocenters. The van der Waals surface area contributed by atoms with Gasteiger partial charge in [0.2, 0.25) is 0 Å². The quantitative estimate of drug-likeness (QED) is 0.690. The predicted octanol–water partition coefficient (Wildman–Crippen LogP) is 3.91. The molecule has 1 aromatic carbocycles. The summed E-state index contributed by atoms with van der Waals surface area (Å²) >= 11 is 0. The maximum Gasteiger partial charge on any atom is 0.433 e. The molecule has 0 N–H and O–H groups in total. The minimum absolute atomic E-state index is 0.104. The van der Waals surface area contributed by atoms with Gasteiger partial charge in [-0.15, -0.1) is 0 Å². The third kappa shape index (κ3) is 2.43. The summed E-state index contributed by atoms with van der Waals surface area (Å²) in [6, 6.07) is 8.75. The highest BCUT2D eigenvalue weighted by Gasteiger charge is 2.33. The van der Waals surface area contributed by atoms with Gasteiger partial charge >= 0.3 is 6.18 Å². The zero-order chi connectivity index (χ0) is 12.5. The SMILES string of the molecule is Fc1cnc(C(F)(F)F)cc1-c1ccccc1. The fourth-order valence-electron chi connectivity index (χ4n) is 1.43. The Bertz CT molecular complexity index is 520. The summed E-state index contributed by atoms with van der Waals surface area (Å²) in [6.45, 7) is 0. The van der Waals surface area contributed by atoms with Crippen LogP contribution >= 0.6 is 0 Å². The smallest absolute Gasteiger partial charge is 0.249 e. The first-order valence-electron chi connectivity index (χ1n) is 4.76. The van der Waals surface area contributed by atoms with Crippen LogP contribution in [0.4, 0.5) is 17.6 Å². The van der Waals surface area contributed by atoms with Gasteiger partial charge in [0.15, 0.2) is 0 Å². The van der Waals surface area contributed by atoms with Crippen molar-refractivity contribution in [2.45, 2.75) is 6.18 Å². The average Bonchev–Trinajstić information content (AvgIpc) is 2.29. The number of benzene rings is 1. The molecule has 88 valence electrons. The Morgan fingerprint density at radius 2 is 1.65 bits per heavy atom. The van der Waals surface area contributed by atoms with E-state index in [4.69, 9.17) is 0 Å². The molecular weight excluding hydrogens is 234 g/mol. The van der Waals surface area contributed by atoms with Gasteiger partial charge < -0.3 is 0 Å². The highest BCUT2D eigenvalue weighted by molar-refractivity contribution is 5.64. The van der Waals surface area contributed by atoms with Crippen LogP contribution in [0, 0.1) is 5.82 Å². The zero-order valence-corrected chi connectivity index (χ0v) is 8.50. The molecule has 1 nitrogen and oxygen atoms in total. The summed E-state index contributed by atoms with van der Waals surface area (Å²) in [5.74, 6) is -0.774. The minimum Gasteiger partial charge on any atom is -0.249 e. The lowest BCUT2D eigenvalue weighted by Crippen LogP contribution is -2.08. The van der Waals surface area contributed by atoms with Crippen molar-refractivity contribution < 1.29 is 17.6 Å². The number of pyridine rings is 1. The zero-order valence-electron chi connectivity index (χ0n) is 8.50. The van der Waals surface area contributed by atoms with E-state index in [1.54, 1.807) is 30.3 Å². The lowest BCUT2D eigenvalue weighted by molar-refractivity contribution is -0.141. The van der Waals surface area contributed by atoms with E-state index in [0.29, 0.717) is 17.8 Å². The molecule has 17 heavy (non-hydrogen) atoms. The molecular formula is C12H7F4N. The van der Waals surface area contributed by atoms with Crippen LogP contribution in [0.25, 0.3) is 11.1 Å². The van der Waals surface area contributed by atoms with Gasteiger partial charge in [-0.2, -0.15) is 13.2 Å². The van der Waals surface area contributed by atoms with Gasteiger partial charge in [0, 0.05) is 5.56 Å². The van der Waals surface area contributed by atoms with Gasteiger partial charge in [0.1, 0.15) is 11.5 Å². The van der Waals surface area contributed by atoms with E-state index >= 15 is 0 Å². The number of rotatable bonds is 1. The van der Waals surface area contributed by atoms with Gasteiger partial charge in [-0.25, -0.2) is 9.37 Å². The lowest BCUT2D eigenvalue weighted by atomic mass is 10.1. The molecule has 0 spiro atoms. The van der Waals surface area contributed by atoms with Crippen molar-refractivity contribution in [3.63, 3.8) is 0 Å². The van der Waals surface area contributed by atoms with Crippen molar-refractivity contribution in [3.05, 3.63) is 54.1 Å². The van der Waals surface area contributed by atoms with Crippen LogP contribution in [-0.4, -0.2) is 4.98 Å². The lowest BCUT2D eigenvalue weighted by Gasteiger charge is -2.08. The topological polar surface area (TPSA) is 12.9 Å². The molecule has 0 aliphatic carbocycles. The Kier molecular flexibility index (Phi) is 2.83. The summed E-state index contributed by atoms with van der Waals surface area (Å²) in [7, 11) is 0. The van der Waals surface area contributed by atoms with Gasteiger partial charge in [-0.1, -0.05) is 30.3 Å². The summed E-state index contributed by atoms with van der Waals surface area (Å²) in [5, 5.41) is 0. The van der Waals surface area contributed by atoms with Crippen LogP contribution in [0.2, 0.25) is 0 Å². The molecule has 0 saturated heterocycles. The average molecular weight is 241 g/mol. The minimum atomic E-state index is -4.57. The highest BCUT2D eigenvalue weighted by Crippen LogP contribution is 2.31. The number of hydrogen-bond acceptors (Lipinski definition) is 1. The second kappa shape index (κ2) is 4.16. The monoisotopic (exact) mass is 241 g/mol. The molecule has 0 fully saturated rings. The molecule has 0 atom stereocenters. The van der Waals surface area contributed by atoms with Crippen LogP contribution in [0.1, 0.15) is 5.69 Å². The van der Waals surface area contributed by atoms with E-state index in [2.05, 4.69) is 4.98 Å². The molecule has 0 amide bonds. The first kappa shape index (κ1) is 11.6. The normalized spacial score (nSPS) is 11.5.